The van der Waals surface area contributed by atoms with Gasteiger partial charge in [0.05, 0.1) is 18.1 Å². The number of amides is 1. The molecular formula is C14H16N2O. The summed E-state index contributed by atoms with van der Waals surface area (Å²) in [6.45, 7) is 2.62. The van der Waals surface area contributed by atoms with Gasteiger partial charge in [-0.25, -0.2) is 0 Å². The van der Waals surface area contributed by atoms with Crippen molar-refractivity contribution in [1.82, 2.24) is 5.32 Å². The summed E-state index contributed by atoms with van der Waals surface area (Å²) in [5.41, 5.74) is 1.54. The fourth-order valence-corrected chi connectivity index (χ4v) is 1.41. The molecule has 0 saturated carbocycles. The molecule has 0 fully saturated rings. The third-order valence-corrected chi connectivity index (χ3v) is 2.32. The van der Waals surface area contributed by atoms with Gasteiger partial charge < -0.3 is 5.32 Å². The first kappa shape index (κ1) is 13.0. The van der Waals surface area contributed by atoms with Gasteiger partial charge in [-0.2, -0.15) is 5.26 Å². The molecule has 0 aliphatic carbocycles. The Labute approximate surface area is 102 Å². The maximum absolute atomic E-state index is 11.5. The minimum Gasteiger partial charge on any atom is -0.356 e. The Bertz CT molecular complexity index is 427. The average molecular weight is 228 g/mol. The van der Waals surface area contributed by atoms with E-state index in [0.29, 0.717) is 18.5 Å². The zero-order valence-corrected chi connectivity index (χ0v) is 9.94. The minimum absolute atomic E-state index is 0.0132. The van der Waals surface area contributed by atoms with Crippen LogP contribution in [0, 0.1) is 11.3 Å². The number of nitrogens with one attached hydrogen (secondary N) is 1. The Morgan fingerprint density at radius 2 is 2.12 bits per heavy atom. The first-order chi connectivity index (χ1) is 8.26. The van der Waals surface area contributed by atoms with E-state index in [1.54, 1.807) is 12.1 Å². The molecule has 0 aliphatic heterocycles. The number of carbonyl (C=O) groups excluding carboxylic acids is 1. The largest absolute Gasteiger partial charge is 0.356 e. The molecule has 0 radical (unpaired) electrons. The molecule has 0 saturated heterocycles. The molecule has 1 aromatic rings. The monoisotopic (exact) mass is 228 g/mol. The van der Waals surface area contributed by atoms with Crippen LogP contribution in [0.15, 0.2) is 36.4 Å². The molecule has 0 aromatic heterocycles. The van der Waals surface area contributed by atoms with Gasteiger partial charge in [0, 0.05) is 6.54 Å². The molecule has 17 heavy (non-hydrogen) atoms. The predicted octanol–water partition coefficient (Wildman–Crippen LogP) is 2.18. The Morgan fingerprint density at radius 3 is 2.71 bits per heavy atom. The zero-order valence-electron chi connectivity index (χ0n) is 9.94. The van der Waals surface area contributed by atoms with Gasteiger partial charge in [0.1, 0.15) is 0 Å². The van der Waals surface area contributed by atoms with Gasteiger partial charge in [-0.1, -0.05) is 24.3 Å². The highest BCUT2D eigenvalue weighted by atomic mass is 16.1. The van der Waals surface area contributed by atoms with Crippen molar-refractivity contribution in [1.29, 1.82) is 5.26 Å². The maximum Gasteiger partial charge on any atom is 0.224 e. The molecule has 1 aromatic carbocycles. The molecule has 1 amide bonds. The van der Waals surface area contributed by atoms with Crippen LogP contribution in [0.4, 0.5) is 0 Å². The molecule has 0 aliphatic rings. The van der Waals surface area contributed by atoms with Crippen molar-refractivity contribution in [3.05, 3.63) is 47.5 Å². The van der Waals surface area contributed by atoms with Crippen LogP contribution < -0.4 is 5.32 Å². The smallest absolute Gasteiger partial charge is 0.224 e. The van der Waals surface area contributed by atoms with Crippen molar-refractivity contribution in [2.75, 3.05) is 6.54 Å². The topological polar surface area (TPSA) is 52.9 Å². The second-order valence-electron chi connectivity index (χ2n) is 3.69. The SMILES string of the molecule is C/C=C/CCNC(=O)Cc1ccc(C#N)cc1. The zero-order chi connectivity index (χ0) is 12.5. The number of nitrogens with zero attached hydrogens (tertiary/aromatic N) is 1. The second kappa shape index (κ2) is 7.24. The van der Waals surface area contributed by atoms with Crippen LogP contribution in [0.1, 0.15) is 24.5 Å². The Morgan fingerprint density at radius 1 is 1.41 bits per heavy atom. The molecule has 0 atom stereocenters. The van der Waals surface area contributed by atoms with Crippen LogP contribution in [0.25, 0.3) is 0 Å². The van der Waals surface area contributed by atoms with Crippen molar-refractivity contribution in [3.8, 4) is 6.07 Å². The lowest BCUT2D eigenvalue weighted by atomic mass is 10.1. The molecule has 0 unspecified atom stereocenters. The van der Waals surface area contributed by atoms with E-state index in [9.17, 15) is 4.79 Å². The summed E-state index contributed by atoms with van der Waals surface area (Å²) in [4.78, 5) is 11.5. The van der Waals surface area contributed by atoms with Crippen LogP contribution in [-0.2, 0) is 11.2 Å². The second-order valence-corrected chi connectivity index (χ2v) is 3.69. The highest BCUT2D eigenvalue weighted by Gasteiger charge is 2.02. The summed E-state index contributed by atoms with van der Waals surface area (Å²) in [7, 11) is 0. The molecular weight excluding hydrogens is 212 g/mol. The number of rotatable bonds is 5. The van der Waals surface area contributed by atoms with Crippen molar-refractivity contribution < 1.29 is 4.79 Å². The van der Waals surface area contributed by atoms with Crippen molar-refractivity contribution in [2.45, 2.75) is 19.8 Å². The van der Waals surface area contributed by atoms with Crippen molar-refractivity contribution >= 4 is 5.91 Å². The van der Waals surface area contributed by atoms with E-state index in [4.69, 9.17) is 5.26 Å². The van der Waals surface area contributed by atoms with Crippen LogP contribution in [0.3, 0.4) is 0 Å². The van der Waals surface area contributed by atoms with E-state index in [-0.39, 0.29) is 5.91 Å². The van der Waals surface area contributed by atoms with Gasteiger partial charge >= 0.3 is 0 Å². The van der Waals surface area contributed by atoms with Gasteiger partial charge in [0.2, 0.25) is 5.91 Å². The highest BCUT2D eigenvalue weighted by molar-refractivity contribution is 5.78. The lowest BCUT2D eigenvalue weighted by Crippen LogP contribution is -2.25. The summed E-state index contributed by atoms with van der Waals surface area (Å²) < 4.78 is 0. The van der Waals surface area contributed by atoms with Gasteiger partial charge in [-0.3, -0.25) is 4.79 Å². The minimum atomic E-state index is 0.0132. The predicted molar refractivity (Wildman–Crippen MR) is 67.3 cm³/mol. The van der Waals surface area contributed by atoms with Crippen molar-refractivity contribution in [3.63, 3.8) is 0 Å². The van der Waals surface area contributed by atoms with E-state index >= 15 is 0 Å². The average Bonchev–Trinajstić information content (AvgIpc) is 2.36. The van der Waals surface area contributed by atoms with Crippen LogP contribution >= 0.6 is 0 Å². The highest BCUT2D eigenvalue weighted by Crippen LogP contribution is 2.03. The Balaban J connectivity index is 2.37. The van der Waals surface area contributed by atoms with Gasteiger partial charge in [-0.05, 0) is 31.0 Å². The van der Waals surface area contributed by atoms with Gasteiger partial charge in [0.15, 0.2) is 0 Å². The summed E-state index contributed by atoms with van der Waals surface area (Å²) in [6, 6.07) is 9.12. The molecule has 3 heteroatoms. The molecule has 0 heterocycles. The lowest BCUT2D eigenvalue weighted by Gasteiger charge is -2.03. The van der Waals surface area contributed by atoms with Gasteiger partial charge in [0.25, 0.3) is 0 Å². The van der Waals surface area contributed by atoms with Crippen LogP contribution in [0.5, 0.6) is 0 Å². The third kappa shape index (κ3) is 4.98. The van der Waals surface area contributed by atoms with Crippen LogP contribution in [0.2, 0.25) is 0 Å². The first-order valence-corrected chi connectivity index (χ1v) is 5.63. The number of allylic oxidation sites excluding steroid dienone is 1. The normalized spacial score (nSPS) is 10.1. The fourth-order valence-electron chi connectivity index (χ4n) is 1.41. The number of hydrogen-bond acceptors (Lipinski definition) is 2. The summed E-state index contributed by atoms with van der Waals surface area (Å²) in [5, 5.41) is 11.5. The van der Waals surface area contributed by atoms with E-state index in [1.807, 2.05) is 37.3 Å². The number of hydrogen-bond donors (Lipinski definition) is 1. The lowest BCUT2D eigenvalue weighted by molar-refractivity contribution is -0.120. The summed E-state index contributed by atoms with van der Waals surface area (Å²) >= 11 is 0. The molecule has 1 rings (SSSR count). The van der Waals surface area contributed by atoms with E-state index in [0.717, 1.165) is 12.0 Å². The van der Waals surface area contributed by atoms with E-state index in [2.05, 4.69) is 5.32 Å². The molecule has 1 N–H and O–H groups in total. The number of carbonyl (C=O) groups is 1. The quantitative estimate of drug-likeness (QED) is 0.620. The summed E-state index contributed by atoms with van der Waals surface area (Å²) in [5.74, 6) is 0.0132. The molecule has 3 nitrogen and oxygen atoms in total. The van der Waals surface area contributed by atoms with Crippen LogP contribution in [-0.4, -0.2) is 12.5 Å². The van der Waals surface area contributed by atoms with Crippen molar-refractivity contribution in [2.24, 2.45) is 0 Å². The molecule has 88 valence electrons. The fraction of sp³-hybridized carbons (Fsp3) is 0.286. The third-order valence-electron chi connectivity index (χ3n) is 2.32. The molecule has 0 spiro atoms. The molecule has 0 bridgehead atoms. The Kier molecular flexibility index (Phi) is 5.53. The standard InChI is InChI=1S/C14H16N2O/c1-2-3-4-9-16-14(17)10-12-5-7-13(11-15)8-6-12/h2-3,5-8H,4,9-10H2,1H3,(H,16,17)/b3-2+. The number of benzene rings is 1. The first-order valence-electron chi connectivity index (χ1n) is 5.63. The van der Waals surface area contributed by atoms with E-state index < -0.39 is 0 Å². The Hall–Kier alpha value is -2.08. The summed E-state index contributed by atoms with van der Waals surface area (Å²) in [6.07, 6.45) is 5.20. The number of nitriles is 1. The van der Waals surface area contributed by atoms with E-state index in [1.165, 1.54) is 0 Å². The maximum atomic E-state index is 11.5. The van der Waals surface area contributed by atoms with Gasteiger partial charge in [-0.15, -0.1) is 0 Å².